The van der Waals surface area contributed by atoms with Crippen molar-refractivity contribution in [1.29, 1.82) is 0 Å². The number of hydrogen-bond acceptors (Lipinski definition) is 4. The summed E-state index contributed by atoms with van der Waals surface area (Å²) in [4.78, 5) is 13.6. The molecule has 0 N–H and O–H groups in total. The van der Waals surface area contributed by atoms with E-state index in [2.05, 4.69) is 0 Å². The standard InChI is InChI=1S/C12H23NO3S/c1-12(2,3)16-11(14)13-7-5-10(6-8-13)15-9-17-4/h10H,5-9H2,1-4H3. The first-order chi connectivity index (χ1) is 7.92. The summed E-state index contributed by atoms with van der Waals surface area (Å²) >= 11 is 1.68. The lowest BCUT2D eigenvalue weighted by atomic mass is 10.1. The Morgan fingerprint density at radius 1 is 1.35 bits per heavy atom. The first-order valence-electron chi connectivity index (χ1n) is 6.01. The van der Waals surface area contributed by atoms with Crippen molar-refractivity contribution >= 4 is 17.9 Å². The maximum absolute atomic E-state index is 11.8. The van der Waals surface area contributed by atoms with Crippen LogP contribution < -0.4 is 0 Å². The quantitative estimate of drug-likeness (QED) is 0.732. The van der Waals surface area contributed by atoms with Gasteiger partial charge < -0.3 is 14.4 Å². The fourth-order valence-electron chi connectivity index (χ4n) is 1.70. The average Bonchev–Trinajstić information content (AvgIpc) is 2.24. The van der Waals surface area contributed by atoms with Gasteiger partial charge in [0.25, 0.3) is 0 Å². The molecule has 0 spiro atoms. The van der Waals surface area contributed by atoms with Gasteiger partial charge in [-0.3, -0.25) is 0 Å². The summed E-state index contributed by atoms with van der Waals surface area (Å²) in [6, 6.07) is 0. The van der Waals surface area contributed by atoms with E-state index in [9.17, 15) is 4.79 Å². The molecule has 0 saturated carbocycles. The third-order valence-corrected chi connectivity index (χ3v) is 2.89. The number of likely N-dealkylation sites (tertiary alicyclic amines) is 1. The zero-order valence-corrected chi connectivity index (χ0v) is 12.0. The molecule has 1 saturated heterocycles. The van der Waals surface area contributed by atoms with E-state index >= 15 is 0 Å². The van der Waals surface area contributed by atoms with Crippen molar-refractivity contribution in [3.63, 3.8) is 0 Å². The third-order valence-electron chi connectivity index (χ3n) is 2.52. The van der Waals surface area contributed by atoms with E-state index < -0.39 is 5.60 Å². The summed E-state index contributed by atoms with van der Waals surface area (Å²) in [5, 5.41) is 0. The van der Waals surface area contributed by atoms with Crippen molar-refractivity contribution in [2.24, 2.45) is 0 Å². The average molecular weight is 261 g/mol. The molecule has 1 aliphatic rings. The number of piperidine rings is 1. The molecule has 1 amide bonds. The number of ether oxygens (including phenoxy) is 2. The number of rotatable bonds is 3. The molecule has 4 nitrogen and oxygen atoms in total. The second kappa shape index (κ2) is 6.50. The highest BCUT2D eigenvalue weighted by Gasteiger charge is 2.26. The summed E-state index contributed by atoms with van der Waals surface area (Å²) in [5.74, 6) is 0.733. The second-order valence-electron chi connectivity index (χ2n) is 5.24. The van der Waals surface area contributed by atoms with Crippen molar-refractivity contribution in [2.75, 3.05) is 25.3 Å². The number of amides is 1. The van der Waals surface area contributed by atoms with Crippen LogP contribution in [0.4, 0.5) is 4.79 Å². The number of carbonyl (C=O) groups excluding carboxylic acids is 1. The van der Waals surface area contributed by atoms with Crippen LogP contribution in [0.25, 0.3) is 0 Å². The van der Waals surface area contributed by atoms with Crippen LogP contribution >= 0.6 is 11.8 Å². The number of hydrogen-bond donors (Lipinski definition) is 0. The predicted octanol–water partition coefficient (Wildman–Crippen LogP) is 2.72. The zero-order chi connectivity index (χ0) is 12.9. The van der Waals surface area contributed by atoms with Crippen LogP contribution in [0.15, 0.2) is 0 Å². The van der Waals surface area contributed by atoms with Gasteiger partial charge in [0.15, 0.2) is 0 Å². The van der Waals surface area contributed by atoms with Crippen LogP contribution in [-0.2, 0) is 9.47 Å². The summed E-state index contributed by atoms with van der Waals surface area (Å²) in [5.41, 5.74) is -0.413. The molecule has 5 heteroatoms. The van der Waals surface area contributed by atoms with E-state index in [1.807, 2.05) is 27.0 Å². The summed E-state index contributed by atoms with van der Waals surface area (Å²) in [6.07, 6.45) is 3.91. The molecule has 17 heavy (non-hydrogen) atoms. The normalized spacial score (nSPS) is 18.2. The lowest BCUT2D eigenvalue weighted by molar-refractivity contribution is -0.000779. The fraction of sp³-hybridized carbons (Fsp3) is 0.917. The highest BCUT2D eigenvalue weighted by atomic mass is 32.2. The van der Waals surface area contributed by atoms with Crippen molar-refractivity contribution in [3.05, 3.63) is 0 Å². The van der Waals surface area contributed by atoms with Crippen LogP contribution in [-0.4, -0.2) is 48.0 Å². The predicted molar refractivity (Wildman–Crippen MR) is 70.3 cm³/mol. The van der Waals surface area contributed by atoms with E-state index in [1.165, 1.54) is 0 Å². The summed E-state index contributed by atoms with van der Waals surface area (Å²) in [7, 11) is 0. The Kier molecular flexibility index (Phi) is 5.59. The summed E-state index contributed by atoms with van der Waals surface area (Å²) < 4.78 is 11.0. The minimum absolute atomic E-state index is 0.208. The smallest absolute Gasteiger partial charge is 0.410 e. The molecule has 100 valence electrons. The lowest BCUT2D eigenvalue weighted by Crippen LogP contribution is -2.43. The molecule has 0 aliphatic carbocycles. The van der Waals surface area contributed by atoms with Gasteiger partial charge in [0.2, 0.25) is 0 Å². The van der Waals surface area contributed by atoms with Gasteiger partial charge >= 0.3 is 6.09 Å². The first kappa shape index (κ1) is 14.6. The van der Waals surface area contributed by atoms with Gasteiger partial charge in [0, 0.05) is 13.1 Å². The number of carbonyl (C=O) groups is 1. The van der Waals surface area contributed by atoms with Gasteiger partial charge in [-0.2, -0.15) is 0 Å². The van der Waals surface area contributed by atoms with Gasteiger partial charge in [-0.1, -0.05) is 0 Å². The van der Waals surface area contributed by atoms with E-state index in [1.54, 1.807) is 16.7 Å². The summed E-state index contributed by atoms with van der Waals surface area (Å²) in [6.45, 7) is 7.12. The molecule has 1 rings (SSSR count). The molecule has 0 atom stereocenters. The van der Waals surface area contributed by atoms with Gasteiger partial charge in [0.05, 0.1) is 12.0 Å². The topological polar surface area (TPSA) is 38.8 Å². The minimum Gasteiger partial charge on any atom is -0.444 e. The molecule has 1 fully saturated rings. The fourth-order valence-corrected chi connectivity index (χ4v) is 2.02. The Balaban J connectivity index is 2.29. The van der Waals surface area contributed by atoms with Gasteiger partial charge in [-0.25, -0.2) is 4.79 Å². The maximum atomic E-state index is 11.8. The lowest BCUT2D eigenvalue weighted by Gasteiger charge is -2.33. The molecule has 0 aromatic rings. The van der Waals surface area contributed by atoms with Crippen molar-refractivity contribution in [2.45, 2.75) is 45.3 Å². The van der Waals surface area contributed by atoms with Gasteiger partial charge in [-0.05, 0) is 39.9 Å². The Labute approximate surface area is 108 Å². The van der Waals surface area contributed by atoms with Crippen molar-refractivity contribution < 1.29 is 14.3 Å². The van der Waals surface area contributed by atoms with Crippen LogP contribution in [0, 0.1) is 0 Å². The molecule has 0 aromatic heterocycles. The third kappa shape index (κ3) is 5.64. The molecule has 0 unspecified atom stereocenters. The van der Waals surface area contributed by atoms with Crippen LogP contribution in [0.1, 0.15) is 33.6 Å². The monoisotopic (exact) mass is 261 g/mol. The number of nitrogens with zero attached hydrogens (tertiary/aromatic N) is 1. The van der Waals surface area contributed by atoms with E-state index in [0.717, 1.165) is 31.9 Å². The second-order valence-corrected chi connectivity index (χ2v) is 6.05. The van der Waals surface area contributed by atoms with E-state index in [-0.39, 0.29) is 6.09 Å². The van der Waals surface area contributed by atoms with Crippen LogP contribution in [0.5, 0.6) is 0 Å². The van der Waals surface area contributed by atoms with Gasteiger partial charge in [-0.15, -0.1) is 11.8 Å². The highest BCUT2D eigenvalue weighted by molar-refractivity contribution is 7.98. The molecular formula is C12H23NO3S. The Morgan fingerprint density at radius 2 is 1.94 bits per heavy atom. The number of thioether (sulfide) groups is 1. The van der Waals surface area contributed by atoms with E-state index in [4.69, 9.17) is 9.47 Å². The Hall–Kier alpha value is -0.420. The molecular weight excluding hydrogens is 238 g/mol. The Bertz CT molecular complexity index is 245. The largest absolute Gasteiger partial charge is 0.444 e. The van der Waals surface area contributed by atoms with E-state index in [0.29, 0.717) is 6.10 Å². The maximum Gasteiger partial charge on any atom is 0.410 e. The molecule has 1 heterocycles. The van der Waals surface area contributed by atoms with Crippen LogP contribution in [0.2, 0.25) is 0 Å². The molecule has 1 aliphatic heterocycles. The van der Waals surface area contributed by atoms with Crippen molar-refractivity contribution in [1.82, 2.24) is 4.90 Å². The molecule has 0 radical (unpaired) electrons. The highest BCUT2D eigenvalue weighted by Crippen LogP contribution is 2.17. The zero-order valence-electron chi connectivity index (χ0n) is 11.2. The first-order valence-corrected chi connectivity index (χ1v) is 7.40. The minimum atomic E-state index is -0.413. The Morgan fingerprint density at radius 3 is 2.41 bits per heavy atom. The SMILES string of the molecule is CSCOC1CCN(C(=O)OC(C)(C)C)CC1. The van der Waals surface area contributed by atoms with Gasteiger partial charge in [0.1, 0.15) is 5.60 Å². The molecule has 0 aromatic carbocycles. The van der Waals surface area contributed by atoms with Crippen LogP contribution in [0.3, 0.4) is 0 Å². The van der Waals surface area contributed by atoms with Crippen molar-refractivity contribution in [3.8, 4) is 0 Å². The molecule has 0 bridgehead atoms.